The second-order valence-corrected chi connectivity index (χ2v) is 10.8. The van der Waals surface area contributed by atoms with E-state index in [1.165, 1.54) is 0 Å². The van der Waals surface area contributed by atoms with E-state index in [0.717, 1.165) is 43.3 Å². The van der Waals surface area contributed by atoms with E-state index in [-0.39, 0.29) is 35.5 Å². The molecule has 0 amide bonds. The summed E-state index contributed by atoms with van der Waals surface area (Å²) in [5.74, 6) is -2.76. The number of anilines is 1. The molecular weight excluding hydrogens is 505 g/mol. The van der Waals surface area contributed by atoms with Gasteiger partial charge in [0.25, 0.3) is 0 Å². The smallest absolute Gasteiger partial charge is 0.402 e. The topological polar surface area (TPSA) is 88.9 Å². The molecule has 38 heavy (non-hydrogen) atoms. The first-order chi connectivity index (χ1) is 18.0. The van der Waals surface area contributed by atoms with Crippen molar-refractivity contribution >= 4 is 16.6 Å². The molecule has 1 saturated heterocycles. The SMILES string of the molecule is CC(C)c1nc(-c2cc(N)cc(F)c2OC(F)(F)F)c(F)c2c1c(C1C3CNCC31)c(CC#N)n2C1CC1. The van der Waals surface area contributed by atoms with E-state index in [2.05, 4.69) is 21.1 Å². The Hall–Kier alpha value is -3.39. The number of alkyl halides is 3. The van der Waals surface area contributed by atoms with Crippen LogP contribution < -0.4 is 15.8 Å². The summed E-state index contributed by atoms with van der Waals surface area (Å²) in [6, 6.07) is 3.94. The molecule has 2 aliphatic carbocycles. The van der Waals surface area contributed by atoms with Crippen LogP contribution in [0.2, 0.25) is 0 Å². The average molecular weight is 532 g/mol. The van der Waals surface area contributed by atoms with Crippen LogP contribution in [0.25, 0.3) is 22.2 Å². The number of halogens is 5. The van der Waals surface area contributed by atoms with E-state index in [1.54, 1.807) is 0 Å². The zero-order valence-corrected chi connectivity index (χ0v) is 20.8. The molecule has 3 aliphatic rings. The highest BCUT2D eigenvalue weighted by Gasteiger charge is 2.56. The predicted octanol–water partition coefficient (Wildman–Crippen LogP) is 5.92. The molecule has 3 heterocycles. The molecule has 3 fully saturated rings. The van der Waals surface area contributed by atoms with Crippen molar-refractivity contribution in [1.82, 2.24) is 14.9 Å². The minimum atomic E-state index is -5.22. The molecule has 1 aliphatic heterocycles. The van der Waals surface area contributed by atoms with Crippen LogP contribution in [0.3, 0.4) is 0 Å². The molecule has 6 rings (SSSR count). The second-order valence-electron chi connectivity index (χ2n) is 10.8. The van der Waals surface area contributed by atoms with Crippen molar-refractivity contribution in [3.63, 3.8) is 0 Å². The summed E-state index contributed by atoms with van der Waals surface area (Å²) >= 11 is 0. The van der Waals surface area contributed by atoms with E-state index in [0.29, 0.717) is 29.0 Å². The zero-order chi connectivity index (χ0) is 27.1. The minimum Gasteiger partial charge on any atom is -0.402 e. The highest BCUT2D eigenvalue weighted by atomic mass is 19.4. The number of pyridine rings is 1. The zero-order valence-electron chi connectivity index (χ0n) is 20.8. The fraction of sp³-hybridized carbons (Fsp3) is 0.481. The van der Waals surface area contributed by atoms with Crippen LogP contribution in [0, 0.1) is 34.8 Å². The first-order valence-corrected chi connectivity index (χ1v) is 12.7. The first-order valence-electron chi connectivity index (χ1n) is 12.7. The standard InChI is InChI=1S/C27H26F5N5O/c1-11(2)23-21-20(19-15-9-35-10-16(15)19)18(5-6-33)37(13-3-4-13)25(21)22(29)24(36-23)14-7-12(34)8-17(28)26(14)38-27(30,31)32/h7-8,11,13,15-16,19,35H,3-5,9-10,34H2,1-2H3. The summed E-state index contributed by atoms with van der Waals surface area (Å²) in [5.41, 5.74) is 6.98. The van der Waals surface area contributed by atoms with Crippen molar-refractivity contribution in [3.8, 4) is 23.1 Å². The van der Waals surface area contributed by atoms with E-state index >= 15 is 4.39 Å². The summed E-state index contributed by atoms with van der Waals surface area (Å²) in [7, 11) is 0. The van der Waals surface area contributed by atoms with Gasteiger partial charge < -0.3 is 20.4 Å². The molecule has 3 aromatic rings. The number of hydrogen-bond acceptors (Lipinski definition) is 5. The second kappa shape index (κ2) is 8.56. The Kier molecular flexibility index (Phi) is 5.61. The van der Waals surface area contributed by atoms with E-state index in [9.17, 15) is 22.8 Å². The number of nitrogen functional groups attached to an aromatic ring is 1. The van der Waals surface area contributed by atoms with Gasteiger partial charge in [0.05, 0.1) is 29.3 Å². The van der Waals surface area contributed by atoms with Crippen molar-refractivity contribution in [2.45, 2.75) is 57.3 Å². The molecule has 2 aromatic heterocycles. The molecule has 200 valence electrons. The summed E-state index contributed by atoms with van der Waals surface area (Å²) in [6.07, 6.45) is -3.55. The van der Waals surface area contributed by atoms with Crippen LogP contribution in [0.15, 0.2) is 12.1 Å². The first kappa shape index (κ1) is 24.9. The van der Waals surface area contributed by atoms with Gasteiger partial charge in [-0.3, -0.25) is 0 Å². The minimum absolute atomic E-state index is 0.0282. The van der Waals surface area contributed by atoms with Crippen LogP contribution in [-0.4, -0.2) is 29.0 Å². The summed E-state index contributed by atoms with van der Waals surface area (Å²) in [4.78, 5) is 4.55. The Bertz CT molecular complexity index is 1490. The van der Waals surface area contributed by atoms with Gasteiger partial charge >= 0.3 is 6.36 Å². The number of rotatable bonds is 6. The third-order valence-electron chi connectivity index (χ3n) is 7.92. The number of benzene rings is 1. The maximum Gasteiger partial charge on any atom is 0.573 e. The van der Waals surface area contributed by atoms with Crippen molar-refractivity contribution in [3.05, 3.63) is 40.7 Å². The molecule has 0 bridgehead atoms. The summed E-state index contributed by atoms with van der Waals surface area (Å²) < 4.78 is 77.0. The van der Waals surface area contributed by atoms with Gasteiger partial charge in [-0.25, -0.2) is 13.8 Å². The number of nitrogens with zero attached hydrogens (tertiary/aromatic N) is 3. The Morgan fingerprint density at radius 3 is 2.47 bits per heavy atom. The van der Waals surface area contributed by atoms with E-state index in [4.69, 9.17) is 5.73 Å². The number of nitrogens with two attached hydrogens (primary N) is 1. The van der Waals surface area contributed by atoms with Gasteiger partial charge in [-0.2, -0.15) is 5.26 Å². The number of ether oxygens (including phenoxy) is 1. The number of hydrogen-bond donors (Lipinski definition) is 2. The van der Waals surface area contributed by atoms with Crippen LogP contribution in [0.4, 0.5) is 27.6 Å². The fourth-order valence-corrected chi connectivity index (χ4v) is 6.27. The molecule has 11 heteroatoms. The normalized spacial score (nSPS) is 22.7. The lowest BCUT2D eigenvalue weighted by Crippen LogP contribution is -2.19. The summed E-state index contributed by atoms with van der Waals surface area (Å²) in [5, 5.41) is 13.7. The lowest BCUT2D eigenvalue weighted by molar-refractivity contribution is -0.275. The predicted molar refractivity (Wildman–Crippen MR) is 130 cm³/mol. The Labute approximate surface area is 215 Å². The molecule has 3 N–H and O–H groups in total. The third-order valence-corrected chi connectivity index (χ3v) is 7.92. The number of nitrogens with one attached hydrogen (secondary N) is 1. The average Bonchev–Trinajstić information content (AvgIpc) is 3.70. The van der Waals surface area contributed by atoms with Crippen molar-refractivity contribution in [2.24, 2.45) is 11.8 Å². The van der Waals surface area contributed by atoms with Crippen LogP contribution in [0.1, 0.15) is 61.5 Å². The number of piperidine rings is 1. The van der Waals surface area contributed by atoms with Gasteiger partial charge in [0.2, 0.25) is 0 Å². The third kappa shape index (κ3) is 3.88. The lowest BCUT2D eigenvalue weighted by Gasteiger charge is -2.18. The highest BCUT2D eigenvalue weighted by molar-refractivity contribution is 5.94. The Morgan fingerprint density at radius 2 is 1.89 bits per heavy atom. The van der Waals surface area contributed by atoms with Crippen LogP contribution in [0.5, 0.6) is 5.75 Å². The molecular formula is C27H26F5N5O. The summed E-state index contributed by atoms with van der Waals surface area (Å²) in [6.45, 7) is 5.41. The fourth-order valence-electron chi connectivity index (χ4n) is 6.27. The van der Waals surface area contributed by atoms with E-state index < -0.39 is 35.0 Å². The maximum absolute atomic E-state index is 16.7. The Morgan fingerprint density at radius 1 is 1.21 bits per heavy atom. The van der Waals surface area contributed by atoms with Gasteiger partial charge in [-0.05, 0) is 61.2 Å². The molecule has 2 atom stereocenters. The van der Waals surface area contributed by atoms with Gasteiger partial charge in [0.15, 0.2) is 17.4 Å². The van der Waals surface area contributed by atoms with E-state index in [1.807, 2.05) is 18.4 Å². The van der Waals surface area contributed by atoms with Gasteiger partial charge in [-0.1, -0.05) is 13.8 Å². The van der Waals surface area contributed by atoms with Crippen molar-refractivity contribution in [1.29, 1.82) is 5.26 Å². The van der Waals surface area contributed by atoms with Gasteiger partial charge in [0, 0.05) is 28.9 Å². The maximum atomic E-state index is 16.7. The molecule has 2 unspecified atom stereocenters. The van der Waals surface area contributed by atoms with Crippen LogP contribution >= 0.6 is 0 Å². The monoisotopic (exact) mass is 531 g/mol. The van der Waals surface area contributed by atoms with Crippen LogP contribution in [-0.2, 0) is 6.42 Å². The number of fused-ring (bicyclic) bond motifs is 2. The molecule has 0 radical (unpaired) electrons. The highest BCUT2D eigenvalue weighted by Crippen LogP contribution is 2.60. The van der Waals surface area contributed by atoms with Crippen molar-refractivity contribution in [2.75, 3.05) is 18.8 Å². The van der Waals surface area contributed by atoms with Crippen molar-refractivity contribution < 1.29 is 26.7 Å². The molecule has 6 nitrogen and oxygen atoms in total. The van der Waals surface area contributed by atoms with Gasteiger partial charge in [0.1, 0.15) is 5.69 Å². The quantitative estimate of drug-likeness (QED) is 0.305. The number of aromatic nitrogens is 2. The molecule has 1 aromatic carbocycles. The Balaban J connectivity index is 1.69. The largest absolute Gasteiger partial charge is 0.573 e. The molecule has 2 saturated carbocycles. The molecule has 0 spiro atoms. The number of nitriles is 1. The lowest BCUT2D eigenvalue weighted by atomic mass is 9.95. The van der Waals surface area contributed by atoms with Gasteiger partial charge in [-0.15, -0.1) is 13.2 Å².